The fourth-order valence-corrected chi connectivity index (χ4v) is 0.324. The lowest BCUT2D eigenvalue weighted by molar-refractivity contribution is 0.488. The molecule has 0 aliphatic carbocycles. The molecule has 7 heavy (non-hydrogen) atoms. The number of hydrogen-bond donors (Lipinski definition) is 1. The van der Waals surface area contributed by atoms with Crippen LogP contribution in [-0.2, 0) is 0 Å². The third kappa shape index (κ3) is 5.89. The highest BCUT2D eigenvalue weighted by Gasteiger charge is 1.81. The topological polar surface area (TPSA) is 12.0 Å². The van der Waals surface area contributed by atoms with Crippen molar-refractivity contribution in [1.82, 2.24) is 5.32 Å². The molecule has 0 amide bonds. The van der Waals surface area contributed by atoms with E-state index in [2.05, 4.69) is 5.32 Å². The van der Waals surface area contributed by atoms with Gasteiger partial charge in [-0.1, -0.05) is 0 Å². The summed E-state index contributed by atoms with van der Waals surface area (Å²) in [6.07, 6.45) is 2.45. The predicted molar refractivity (Wildman–Crippen MR) is 28.8 cm³/mol. The molecule has 0 fully saturated rings. The summed E-state index contributed by atoms with van der Waals surface area (Å²) in [6, 6.07) is 0. The molecule has 0 bridgehead atoms. The number of nitrogens with one attached hydrogen (secondary N) is 1. The third-order valence-electron chi connectivity index (χ3n) is 0.662. The summed E-state index contributed by atoms with van der Waals surface area (Å²) < 4.78 is 11.3. The van der Waals surface area contributed by atoms with Crippen LogP contribution in [0.15, 0.2) is 0 Å². The molecule has 0 aromatic carbocycles. The Morgan fingerprint density at radius 2 is 2.43 bits per heavy atom. The Balaban J connectivity index is 2.45. The second-order valence-corrected chi connectivity index (χ2v) is 1.32. The SMILES string of the molecule is CNC[CH]CCF. The van der Waals surface area contributed by atoms with Gasteiger partial charge in [0.1, 0.15) is 0 Å². The van der Waals surface area contributed by atoms with Crippen LogP contribution in [0.25, 0.3) is 0 Å². The number of hydrogen-bond acceptors (Lipinski definition) is 1. The van der Waals surface area contributed by atoms with Gasteiger partial charge in [0.2, 0.25) is 0 Å². The summed E-state index contributed by atoms with van der Waals surface area (Å²) in [6.45, 7) is 0.575. The first-order valence-corrected chi connectivity index (χ1v) is 2.44. The molecule has 0 spiro atoms. The van der Waals surface area contributed by atoms with Gasteiger partial charge in [-0.25, -0.2) is 0 Å². The highest BCUT2D eigenvalue weighted by Crippen LogP contribution is 1.83. The first-order chi connectivity index (χ1) is 3.41. The van der Waals surface area contributed by atoms with Gasteiger partial charge in [-0.3, -0.25) is 4.39 Å². The van der Waals surface area contributed by atoms with Crippen molar-refractivity contribution in [2.75, 3.05) is 20.3 Å². The average Bonchev–Trinajstić information content (AvgIpc) is 1.69. The summed E-state index contributed by atoms with van der Waals surface area (Å²) in [5, 5.41) is 2.88. The van der Waals surface area contributed by atoms with Gasteiger partial charge in [0.05, 0.1) is 6.67 Å². The van der Waals surface area contributed by atoms with E-state index >= 15 is 0 Å². The molecule has 1 N–H and O–H groups in total. The smallest absolute Gasteiger partial charge is 0.0897 e. The molecule has 0 aromatic rings. The third-order valence-corrected chi connectivity index (χ3v) is 0.662. The lowest BCUT2D eigenvalue weighted by Gasteiger charge is -1.91. The fourth-order valence-electron chi connectivity index (χ4n) is 0.324. The van der Waals surface area contributed by atoms with E-state index in [0.717, 1.165) is 6.54 Å². The quantitative estimate of drug-likeness (QED) is 0.519. The highest BCUT2D eigenvalue weighted by atomic mass is 19.1. The normalized spacial score (nSPS) is 9.43. The van der Waals surface area contributed by atoms with E-state index in [1.165, 1.54) is 0 Å². The standard InChI is InChI=1S/C5H11FN/c1-7-5-3-2-4-6/h3,7H,2,4-5H2,1H3. The molecule has 0 aromatic heterocycles. The van der Waals surface area contributed by atoms with Gasteiger partial charge >= 0.3 is 0 Å². The molecule has 0 rings (SSSR count). The van der Waals surface area contributed by atoms with Crippen molar-refractivity contribution in [1.29, 1.82) is 0 Å². The molecule has 0 saturated carbocycles. The largest absolute Gasteiger partial charge is 0.319 e. The van der Waals surface area contributed by atoms with E-state index in [-0.39, 0.29) is 6.67 Å². The van der Waals surface area contributed by atoms with Gasteiger partial charge < -0.3 is 5.32 Å². The monoisotopic (exact) mass is 104 g/mol. The van der Waals surface area contributed by atoms with E-state index in [4.69, 9.17) is 0 Å². The highest BCUT2D eigenvalue weighted by molar-refractivity contribution is 4.64. The molecule has 1 radical (unpaired) electrons. The number of rotatable bonds is 4. The van der Waals surface area contributed by atoms with E-state index < -0.39 is 0 Å². The van der Waals surface area contributed by atoms with Gasteiger partial charge in [-0.05, 0) is 26.4 Å². The molecule has 0 atom stereocenters. The Labute approximate surface area is 43.9 Å². The minimum atomic E-state index is -0.234. The molecule has 0 heterocycles. The Morgan fingerprint density at radius 1 is 1.71 bits per heavy atom. The second-order valence-electron chi connectivity index (χ2n) is 1.32. The first-order valence-electron chi connectivity index (χ1n) is 2.44. The zero-order valence-electron chi connectivity index (χ0n) is 4.58. The van der Waals surface area contributed by atoms with E-state index in [1.807, 2.05) is 13.5 Å². The van der Waals surface area contributed by atoms with Gasteiger partial charge in [0.15, 0.2) is 0 Å². The van der Waals surface area contributed by atoms with Gasteiger partial charge in [-0.15, -0.1) is 0 Å². The molecule has 0 saturated heterocycles. The van der Waals surface area contributed by atoms with Crippen LogP contribution in [0.4, 0.5) is 4.39 Å². The van der Waals surface area contributed by atoms with Crippen molar-refractivity contribution < 1.29 is 4.39 Å². The molecule has 0 unspecified atom stereocenters. The fraction of sp³-hybridized carbons (Fsp3) is 0.800. The molecule has 0 aliphatic rings. The number of alkyl halides is 1. The Kier molecular flexibility index (Phi) is 5.80. The van der Waals surface area contributed by atoms with Crippen LogP contribution in [0.5, 0.6) is 0 Å². The Bertz CT molecular complexity index is 27.3. The zero-order chi connectivity index (χ0) is 5.54. The molecular formula is C5H11FN. The summed E-state index contributed by atoms with van der Waals surface area (Å²) in [4.78, 5) is 0. The van der Waals surface area contributed by atoms with Gasteiger partial charge in [0.25, 0.3) is 0 Å². The lowest BCUT2D eigenvalue weighted by Crippen LogP contribution is -2.07. The minimum Gasteiger partial charge on any atom is -0.319 e. The maximum Gasteiger partial charge on any atom is 0.0897 e. The second kappa shape index (κ2) is 5.89. The molecule has 43 valence electrons. The van der Waals surface area contributed by atoms with E-state index in [0.29, 0.717) is 6.42 Å². The molecule has 2 heteroatoms. The van der Waals surface area contributed by atoms with Crippen LogP contribution in [-0.4, -0.2) is 20.3 Å². The van der Waals surface area contributed by atoms with Crippen LogP contribution >= 0.6 is 0 Å². The van der Waals surface area contributed by atoms with E-state index in [9.17, 15) is 4.39 Å². The van der Waals surface area contributed by atoms with Crippen LogP contribution in [0.1, 0.15) is 6.42 Å². The van der Waals surface area contributed by atoms with Crippen molar-refractivity contribution in [2.24, 2.45) is 0 Å². The predicted octanol–water partition coefficient (Wildman–Crippen LogP) is 0.770. The molecular weight excluding hydrogens is 93.1 g/mol. The van der Waals surface area contributed by atoms with Gasteiger partial charge in [0, 0.05) is 0 Å². The number of halogens is 1. The Hall–Kier alpha value is -0.110. The van der Waals surface area contributed by atoms with Crippen molar-refractivity contribution in [2.45, 2.75) is 6.42 Å². The van der Waals surface area contributed by atoms with Crippen LogP contribution < -0.4 is 5.32 Å². The van der Waals surface area contributed by atoms with Crippen LogP contribution in [0.3, 0.4) is 0 Å². The lowest BCUT2D eigenvalue weighted by atomic mass is 10.3. The van der Waals surface area contributed by atoms with Crippen LogP contribution in [0.2, 0.25) is 0 Å². The maximum absolute atomic E-state index is 11.3. The van der Waals surface area contributed by atoms with Gasteiger partial charge in [-0.2, -0.15) is 0 Å². The maximum atomic E-state index is 11.3. The molecule has 0 aliphatic heterocycles. The minimum absolute atomic E-state index is 0.234. The van der Waals surface area contributed by atoms with Crippen molar-refractivity contribution in [3.8, 4) is 0 Å². The summed E-state index contributed by atoms with van der Waals surface area (Å²) in [7, 11) is 1.84. The summed E-state index contributed by atoms with van der Waals surface area (Å²) in [5.74, 6) is 0. The number of unbranched alkanes of at least 4 members (excludes halogenated alkanes) is 1. The van der Waals surface area contributed by atoms with Crippen molar-refractivity contribution >= 4 is 0 Å². The van der Waals surface area contributed by atoms with Crippen molar-refractivity contribution in [3.63, 3.8) is 0 Å². The Morgan fingerprint density at radius 3 is 2.86 bits per heavy atom. The summed E-state index contributed by atoms with van der Waals surface area (Å²) >= 11 is 0. The average molecular weight is 104 g/mol. The zero-order valence-corrected chi connectivity index (χ0v) is 4.58. The first kappa shape index (κ1) is 6.89. The van der Waals surface area contributed by atoms with E-state index in [1.54, 1.807) is 0 Å². The van der Waals surface area contributed by atoms with Crippen LogP contribution in [0, 0.1) is 6.42 Å². The van der Waals surface area contributed by atoms with Crippen molar-refractivity contribution in [3.05, 3.63) is 6.42 Å². The molecule has 1 nitrogen and oxygen atoms in total. The summed E-state index contributed by atoms with van der Waals surface area (Å²) in [5.41, 5.74) is 0.